The van der Waals surface area contributed by atoms with E-state index >= 15 is 0 Å². The molecule has 0 unspecified atom stereocenters. The van der Waals surface area contributed by atoms with Crippen molar-refractivity contribution in [3.63, 3.8) is 0 Å². The van der Waals surface area contributed by atoms with Crippen molar-refractivity contribution in [3.8, 4) is 78.7 Å². The highest BCUT2D eigenvalue weighted by Gasteiger charge is 2.43. The summed E-state index contributed by atoms with van der Waals surface area (Å²) in [5, 5.41) is 0. The fourth-order valence-corrected chi connectivity index (χ4v) is 8.85. The summed E-state index contributed by atoms with van der Waals surface area (Å²) in [6.07, 6.45) is 6.48. The van der Waals surface area contributed by atoms with Gasteiger partial charge >= 0.3 is 0 Å². The second-order valence-corrected chi connectivity index (χ2v) is 14.7. The van der Waals surface area contributed by atoms with E-state index in [1.165, 1.54) is 65.5 Å². The Kier molecular flexibility index (Phi) is 8.06. The highest BCUT2D eigenvalue weighted by molar-refractivity contribution is 5.85. The lowest BCUT2D eigenvalue weighted by molar-refractivity contribution is 0.353. The number of benzene rings is 7. The summed E-state index contributed by atoms with van der Waals surface area (Å²) < 4.78 is 0. The van der Waals surface area contributed by atoms with Crippen LogP contribution >= 0.6 is 0 Å². The molecular weight excluding hydrogens is 655 g/mol. The molecule has 1 aromatic heterocycles. The Bertz CT molecular complexity index is 2620. The van der Waals surface area contributed by atoms with Crippen LogP contribution in [0.3, 0.4) is 0 Å². The van der Waals surface area contributed by atoms with Crippen molar-refractivity contribution in [3.05, 3.63) is 187 Å². The Morgan fingerprint density at radius 3 is 1.33 bits per heavy atom. The Balaban J connectivity index is 0.990. The fourth-order valence-electron chi connectivity index (χ4n) is 8.85. The molecule has 258 valence electrons. The standard InChI is InChI=1S/C51H39N3/c1-4-14-35(15-5-1)39-18-12-20-42(32-39)49-52-48(38-16-6-2-7-17-38)53-50(54-49)43-21-13-19-40(33-43)36-24-26-37(27-25-36)41-28-29-47-45(34-41)44-22-8-9-23-46(44)51(47)30-10-3-11-31-51/h1-2,4-9,12-29,32-34H,3,10-11,30-31H2. The molecule has 0 N–H and O–H groups in total. The highest BCUT2D eigenvalue weighted by Crippen LogP contribution is 2.56. The monoisotopic (exact) mass is 693 g/mol. The van der Waals surface area contributed by atoms with Crippen LogP contribution in [0.25, 0.3) is 78.7 Å². The molecule has 1 saturated carbocycles. The molecule has 0 atom stereocenters. The van der Waals surface area contributed by atoms with Gasteiger partial charge in [0.15, 0.2) is 17.5 Å². The summed E-state index contributed by atoms with van der Waals surface area (Å²) in [5.41, 5.74) is 16.0. The number of nitrogens with zero attached hydrogens (tertiary/aromatic N) is 3. The molecule has 0 radical (unpaired) electrons. The van der Waals surface area contributed by atoms with E-state index in [-0.39, 0.29) is 5.41 Å². The number of rotatable bonds is 6. The van der Waals surface area contributed by atoms with E-state index in [1.807, 2.05) is 24.3 Å². The van der Waals surface area contributed by atoms with Crippen LogP contribution < -0.4 is 0 Å². The lowest BCUT2D eigenvalue weighted by Gasteiger charge is -2.36. The molecule has 1 heterocycles. The van der Waals surface area contributed by atoms with Crippen molar-refractivity contribution in [2.24, 2.45) is 0 Å². The molecule has 3 heteroatoms. The lowest BCUT2D eigenvalue weighted by Crippen LogP contribution is -2.27. The van der Waals surface area contributed by atoms with Crippen molar-refractivity contribution < 1.29 is 0 Å². The van der Waals surface area contributed by atoms with Crippen molar-refractivity contribution in [2.75, 3.05) is 0 Å². The first-order valence-electron chi connectivity index (χ1n) is 19.1. The van der Waals surface area contributed by atoms with Crippen LogP contribution in [-0.4, -0.2) is 15.0 Å². The van der Waals surface area contributed by atoms with Crippen LogP contribution in [0.4, 0.5) is 0 Å². The molecule has 2 aliphatic carbocycles. The van der Waals surface area contributed by atoms with Crippen molar-refractivity contribution in [1.82, 2.24) is 15.0 Å². The molecule has 10 rings (SSSR count). The summed E-state index contributed by atoms with van der Waals surface area (Å²) in [6, 6.07) is 62.9. The number of aromatic nitrogens is 3. The van der Waals surface area contributed by atoms with Crippen LogP contribution in [-0.2, 0) is 5.41 Å². The highest BCUT2D eigenvalue weighted by atomic mass is 15.0. The van der Waals surface area contributed by atoms with E-state index < -0.39 is 0 Å². The molecule has 2 aliphatic rings. The fraction of sp³-hybridized carbons (Fsp3) is 0.118. The van der Waals surface area contributed by atoms with Gasteiger partial charge in [-0.2, -0.15) is 0 Å². The zero-order valence-corrected chi connectivity index (χ0v) is 30.1. The normalized spacial score (nSPS) is 14.1. The third-order valence-electron chi connectivity index (χ3n) is 11.5. The average molecular weight is 694 g/mol. The molecule has 54 heavy (non-hydrogen) atoms. The van der Waals surface area contributed by atoms with E-state index in [4.69, 9.17) is 15.0 Å². The molecule has 8 aromatic rings. The summed E-state index contributed by atoms with van der Waals surface area (Å²) in [5.74, 6) is 1.95. The van der Waals surface area contributed by atoms with Gasteiger partial charge in [-0.3, -0.25) is 0 Å². The van der Waals surface area contributed by atoms with Crippen molar-refractivity contribution in [1.29, 1.82) is 0 Å². The third-order valence-corrected chi connectivity index (χ3v) is 11.5. The van der Waals surface area contributed by atoms with Crippen LogP contribution in [0.1, 0.15) is 43.2 Å². The van der Waals surface area contributed by atoms with E-state index in [9.17, 15) is 0 Å². The smallest absolute Gasteiger partial charge is 0.164 e. The van der Waals surface area contributed by atoms with Crippen molar-refractivity contribution >= 4 is 0 Å². The van der Waals surface area contributed by atoms with Gasteiger partial charge in [-0.25, -0.2) is 15.0 Å². The van der Waals surface area contributed by atoms with E-state index in [0.29, 0.717) is 17.5 Å². The summed E-state index contributed by atoms with van der Waals surface area (Å²) in [6.45, 7) is 0. The number of fused-ring (bicyclic) bond motifs is 5. The second kappa shape index (κ2) is 13.5. The molecule has 1 spiro atoms. The van der Waals surface area contributed by atoms with E-state index in [2.05, 4.69) is 152 Å². The molecule has 0 bridgehead atoms. The maximum Gasteiger partial charge on any atom is 0.164 e. The molecule has 0 aliphatic heterocycles. The maximum absolute atomic E-state index is 5.08. The predicted molar refractivity (Wildman–Crippen MR) is 222 cm³/mol. The van der Waals surface area contributed by atoms with Gasteiger partial charge in [-0.15, -0.1) is 0 Å². The van der Waals surface area contributed by atoms with Gasteiger partial charge in [0.2, 0.25) is 0 Å². The maximum atomic E-state index is 5.08. The zero-order chi connectivity index (χ0) is 35.9. The topological polar surface area (TPSA) is 38.7 Å². The van der Waals surface area contributed by atoms with Gasteiger partial charge in [0.05, 0.1) is 0 Å². The lowest BCUT2D eigenvalue weighted by atomic mass is 9.68. The van der Waals surface area contributed by atoms with Crippen LogP contribution in [0.15, 0.2) is 176 Å². The van der Waals surface area contributed by atoms with Gasteiger partial charge in [-0.05, 0) is 86.7 Å². The predicted octanol–water partition coefficient (Wildman–Crippen LogP) is 13.1. The van der Waals surface area contributed by atoms with Gasteiger partial charge in [0.25, 0.3) is 0 Å². The number of hydrogen-bond acceptors (Lipinski definition) is 3. The zero-order valence-electron chi connectivity index (χ0n) is 30.1. The Labute approximate surface area is 317 Å². The van der Waals surface area contributed by atoms with Crippen LogP contribution in [0, 0.1) is 0 Å². The minimum absolute atomic E-state index is 0.185. The van der Waals surface area contributed by atoms with Crippen LogP contribution in [0.2, 0.25) is 0 Å². The van der Waals surface area contributed by atoms with Gasteiger partial charge < -0.3 is 0 Å². The van der Waals surface area contributed by atoms with Crippen molar-refractivity contribution in [2.45, 2.75) is 37.5 Å². The van der Waals surface area contributed by atoms with Gasteiger partial charge in [0.1, 0.15) is 0 Å². The molecule has 1 fully saturated rings. The Morgan fingerprint density at radius 2 is 0.722 bits per heavy atom. The molecular formula is C51H39N3. The van der Waals surface area contributed by atoms with E-state index in [1.54, 1.807) is 0 Å². The molecule has 7 aromatic carbocycles. The second-order valence-electron chi connectivity index (χ2n) is 14.7. The Morgan fingerprint density at radius 1 is 0.296 bits per heavy atom. The molecule has 3 nitrogen and oxygen atoms in total. The molecule has 0 amide bonds. The summed E-state index contributed by atoms with van der Waals surface area (Å²) in [7, 11) is 0. The number of hydrogen-bond donors (Lipinski definition) is 0. The Hall–Kier alpha value is -6.45. The summed E-state index contributed by atoms with van der Waals surface area (Å²) in [4.78, 5) is 15.1. The quantitative estimate of drug-likeness (QED) is 0.174. The average Bonchev–Trinajstić information content (AvgIpc) is 3.52. The largest absolute Gasteiger partial charge is 0.208 e. The SMILES string of the molecule is c1ccc(-c2cccc(-c3nc(-c4ccccc4)nc(-c4cccc(-c5ccc(-c6ccc7c(c6)-c6ccccc6C76CCCCC6)cc5)c4)n3)c2)cc1. The van der Waals surface area contributed by atoms with E-state index in [0.717, 1.165) is 38.9 Å². The van der Waals surface area contributed by atoms with Gasteiger partial charge in [0, 0.05) is 22.1 Å². The molecule has 0 saturated heterocycles. The van der Waals surface area contributed by atoms with Gasteiger partial charge in [-0.1, -0.05) is 177 Å². The minimum atomic E-state index is 0.185. The van der Waals surface area contributed by atoms with Crippen LogP contribution in [0.5, 0.6) is 0 Å². The summed E-state index contributed by atoms with van der Waals surface area (Å²) >= 11 is 0. The third kappa shape index (κ3) is 5.74. The first-order chi connectivity index (χ1) is 26.7. The first kappa shape index (κ1) is 32.2. The minimum Gasteiger partial charge on any atom is -0.208 e. The first-order valence-corrected chi connectivity index (χ1v) is 19.1.